The van der Waals surface area contributed by atoms with E-state index in [1.54, 1.807) is 24.5 Å². The Labute approximate surface area is 107 Å². The fraction of sp³-hybridized carbons (Fsp3) is 0.154. The molecule has 18 heavy (non-hydrogen) atoms. The van der Waals surface area contributed by atoms with Crippen molar-refractivity contribution in [3.05, 3.63) is 53.9 Å². The molecule has 2 rings (SSSR count). The molecule has 1 heterocycles. The van der Waals surface area contributed by atoms with Crippen LogP contribution in [0.25, 0.3) is 11.1 Å². The highest BCUT2D eigenvalue weighted by Gasteiger charge is 2.30. The van der Waals surface area contributed by atoms with Gasteiger partial charge < -0.3 is 0 Å². The molecule has 0 spiro atoms. The van der Waals surface area contributed by atoms with Crippen LogP contribution in [-0.2, 0) is 12.1 Å². The SMILES string of the molecule is FC(F)(F)c1ccc(-c2ccncc2)c(CCl)c1. The van der Waals surface area contributed by atoms with E-state index in [2.05, 4.69) is 4.98 Å². The Morgan fingerprint density at radius 3 is 2.28 bits per heavy atom. The zero-order chi connectivity index (χ0) is 13.2. The first-order valence-electron chi connectivity index (χ1n) is 5.19. The first kappa shape index (κ1) is 12.9. The van der Waals surface area contributed by atoms with Crippen molar-refractivity contribution in [2.45, 2.75) is 12.1 Å². The molecule has 0 aliphatic rings. The second kappa shape index (κ2) is 4.98. The summed E-state index contributed by atoms with van der Waals surface area (Å²) in [5, 5.41) is 0. The van der Waals surface area contributed by atoms with Gasteiger partial charge in [-0.15, -0.1) is 11.6 Å². The predicted molar refractivity (Wildman–Crippen MR) is 64.2 cm³/mol. The van der Waals surface area contributed by atoms with E-state index in [0.717, 1.165) is 17.7 Å². The summed E-state index contributed by atoms with van der Waals surface area (Å²) in [6, 6.07) is 7.06. The highest BCUT2D eigenvalue weighted by atomic mass is 35.5. The zero-order valence-electron chi connectivity index (χ0n) is 9.21. The summed E-state index contributed by atoms with van der Waals surface area (Å²) in [4.78, 5) is 3.87. The van der Waals surface area contributed by atoms with Gasteiger partial charge in [-0.2, -0.15) is 13.2 Å². The number of benzene rings is 1. The molecule has 0 saturated heterocycles. The number of pyridine rings is 1. The Bertz CT molecular complexity index is 538. The monoisotopic (exact) mass is 271 g/mol. The average molecular weight is 272 g/mol. The van der Waals surface area contributed by atoms with E-state index >= 15 is 0 Å². The maximum atomic E-state index is 12.6. The third kappa shape index (κ3) is 2.64. The summed E-state index contributed by atoms with van der Waals surface area (Å²) in [6.45, 7) is 0. The highest BCUT2D eigenvalue weighted by Crippen LogP contribution is 2.33. The molecule has 94 valence electrons. The van der Waals surface area contributed by atoms with Crippen LogP contribution in [0, 0.1) is 0 Å². The van der Waals surface area contributed by atoms with Gasteiger partial charge in [-0.25, -0.2) is 0 Å². The summed E-state index contributed by atoms with van der Waals surface area (Å²) >= 11 is 5.72. The summed E-state index contributed by atoms with van der Waals surface area (Å²) in [5.74, 6) is 0.0293. The van der Waals surface area contributed by atoms with Gasteiger partial charge in [0.1, 0.15) is 0 Å². The third-order valence-electron chi connectivity index (χ3n) is 2.57. The third-order valence-corrected chi connectivity index (χ3v) is 2.86. The van der Waals surface area contributed by atoms with Crippen LogP contribution in [0.3, 0.4) is 0 Å². The molecule has 0 unspecified atom stereocenters. The number of hydrogen-bond donors (Lipinski definition) is 0. The van der Waals surface area contributed by atoms with Crippen LogP contribution >= 0.6 is 11.6 Å². The van der Waals surface area contributed by atoms with E-state index in [1.165, 1.54) is 6.07 Å². The Balaban J connectivity index is 2.51. The molecule has 5 heteroatoms. The van der Waals surface area contributed by atoms with E-state index in [1.807, 2.05) is 0 Å². The van der Waals surface area contributed by atoms with Gasteiger partial charge in [-0.1, -0.05) is 6.07 Å². The first-order valence-corrected chi connectivity index (χ1v) is 5.72. The van der Waals surface area contributed by atoms with E-state index in [4.69, 9.17) is 11.6 Å². The van der Waals surface area contributed by atoms with Crippen LogP contribution < -0.4 is 0 Å². The Morgan fingerprint density at radius 2 is 1.72 bits per heavy atom. The second-order valence-corrected chi connectivity index (χ2v) is 4.01. The van der Waals surface area contributed by atoms with Crippen LogP contribution in [0.1, 0.15) is 11.1 Å². The molecule has 0 bridgehead atoms. The van der Waals surface area contributed by atoms with Crippen molar-refractivity contribution in [1.29, 1.82) is 0 Å². The maximum absolute atomic E-state index is 12.6. The number of halogens is 4. The van der Waals surface area contributed by atoms with Crippen molar-refractivity contribution in [1.82, 2.24) is 4.98 Å². The minimum Gasteiger partial charge on any atom is -0.265 e. The molecule has 2 aromatic rings. The van der Waals surface area contributed by atoms with Crippen molar-refractivity contribution in [3.63, 3.8) is 0 Å². The van der Waals surface area contributed by atoms with Crippen molar-refractivity contribution in [3.8, 4) is 11.1 Å². The number of alkyl halides is 4. The quantitative estimate of drug-likeness (QED) is 0.733. The number of hydrogen-bond acceptors (Lipinski definition) is 1. The standard InChI is InChI=1S/C13H9ClF3N/c14-8-10-7-11(13(15,16)17)1-2-12(10)9-3-5-18-6-4-9/h1-7H,8H2. The molecule has 0 aliphatic heterocycles. The van der Waals surface area contributed by atoms with Gasteiger partial charge in [0.25, 0.3) is 0 Å². The maximum Gasteiger partial charge on any atom is 0.416 e. The largest absolute Gasteiger partial charge is 0.416 e. The fourth-order valence-corrected chi connectivity index (χ4v) is 1.91. The molecule has 0 N–H and O–H groups in total. The van der Waals surface area contributed by atoms with Gasteiger partial charge in [0.15, 0.2) is 0 Å². The number of aromatic nitrogens is 1. The molecule has 0 atom stereocenters. The molecule has 0 radical (unpaired) electrons. The van der Waals surface area contributed by atoms with Gasteiger partial charge in [0.2, 0.25) is 0 Å². The van der Waals surface area contributed by atoms with Crippen LogP contribution in [-0.4, -0.2) is 4.98 Å². The first-order chi connectivity index (χ1) is 8.52. The van der Waals surface area contributed by atoms with Crippen LogP contribution in [0.5, 0.6) is 0 Å². The number of rotatable bonds is 2. The van der Waals surface area contributed by atoms with Gasteiger partial charge in [0.05, 0.1) is 5.56 Å². The van der Waals surface area contributed by atoms with E-state index in [-0.39, 0.29) is 5.88 Å². The minimum atomic E-state index is -4.35. The normalized spacial score (nSPS) is 11.6. The average Bonchev–Trinajstić information content (AvgIpc) is 2.38. The van der Waals surface area contributed by atoms with E-state index < -0.39 is 11.7 Å². The summed E-state index contributed by atoms with van der Waals surface area (Å²) < 4.78 is 37.8. The van der Waals surface area contributed by atoms with E-state index in [9.17, 15) is 13.2 Å². The van der Waals surface area contributed by atoms with Crippen LogP contribution in [0.15, 0.2) is 42.7 Å². The lowest BCUT2D eigenvalue weighted by Gasteiger charge is -2.12. The zero-order valence-corrected chi connectivity index (χ0v) is 9.96. The molecule has 0 saturated carbocycles. The molecule has 0 aliphatic carbocycles. The summed E-state index contributed by atoms with van der Waals surface area (Å²) in [5.41, 5.74) is 1.27. The van der Waals surface area contributed by atoms with Crippen molar-refractivity contribution >= 4 is 11.6 Å². The van der Waals surface area contributed by atoms with Crippen LogP contribution in [0.2, 0.25) is 0 Å². The Hall–Kier alpha value is -1.55. The van der Waals surface area contributed by atoms with Gasteiger partial charge in [-0.3, -0.25) is 4.98 Å². The van der Waals surface area contributed by atoms with Crippen LogP contribution in [0.4, 0.5) is 13.2 Å². The van der Waals surface area contributed by atoms with Crippen molar-refractivity contribution < 1.29 is 13.2 Å². The van der Waals surface area contributed by atoms with Gasteiger partial charge >= 0.3 is 6.18 Å². The Morgan fingerprint density at radius 1 is 1.06 bits per heavy atom. The molecule has 1 nitrogen and oxygen atoms in total. The summed E-state index contributed by atoms with van der Waals surface area (Å²) in [7, 11) is 0. The summed E-state index contributed by atoms with van der Waals surface area (Å²) in [6.07, 6.45) is -1.17. The highest BCUT2D eigenvalue weighted by molar-refractivity contribution is 6.17. The lowest BCUT2D eigenvalue weighted by Crippen LogP contribution is -2.05. The smallest absolute Gasteiger partial charge is 0.265 e. The predicted octanol–water partition coefficient (Wildman–Crippen LogP) is 4.51. The lowest BCUT2D eigenvalue weighted by molar-refractivity contribution is -0.137. The molecule has 0 fully saturated rings. The topological polar surface area (TPSA) is 12.9 Å². The minimum absolute atomic E-state index is 0.0293. The molecular weight excluding hydrogens is 263 g/mol. The Kier molecular flexibility index (Phi) is 3.57. The van der Waals surface area contributed by atoms with E-state index in [0.29, 0.717) is 11.1 Å². The van der Waals surface area contributed by atoms with Crippen molar-refractivity contribution in [2.75, 3.05) is 0 Å². The number of nitrogens with zero attached hydrogens (tertiary/aromatic N) is 1. The molecule has 0 amide bonds. The van der Waals surface area contributed by atoms with Gasteiger partial charge in [-0.05, 0) is 41.0 Å². The molecular formula is C13H9ClF3N. The lowest BCUT2D eigenvalue weighted by atomic mass is 9.99. The fourth-order valence-electron chi connectivity index (χ4n) is 1.69. The van der Waals surface area contributed by atoms with Crippen molar-refractivity contribution in [2.24, 2.45) is 0 Å². The molecule has 1 aromatic heterocycles. The second-order valence-electron chi connectivity index (χ2n) is 3.74. The molecule has 1 aromatic carbocycles. The van der Waals surface area contributed by atoms with Gasteiger partial charge in [0, 0.05) is 18.3 Å².